The van der Waals surface area contributed by atoms with Crippen LogP contribution < -0.4 is 5.32 Å². The van der Waals surface area contributed by atoms with Gasteiger partial charge >= 0.3 is 0 Å². The minimum Gasteiger partial charge on any atom is -0.314 e. The molecule has 1 saturated heterocycles. The molecule has 2 rings (SSSR count). The first-order chi connectivity index (χ1) is 8.27. The summed E-state index contributed by atoms with van der Waals surface area (Å²) >= 11 is 0. The lowest BCUT2D eigenvalue weighted by Crippen LogP contribution is -2.42. The van der Waals surface area contributed by atoms with Crippen molar-refractivity contribution in [2.75, 3.05) is 19.6 Å². The lowest BCUT2D eigenvalue weighted by Gasteiger charge is -2.37. The summed E-state index contributed by atoms with van der Waals surface area (Å²) in [6.45, 7) is 8.74. The van der Waals surface area contributed by atoms with Gasteiger partial charge in [-0.3, -0.25) is 0 Å². The van der Waals surface area contributed by atoms with Gasteiger partial charge in [-0.15, -0.1) is 0 Å². The number of nitrogens with zero attached hydrogens (tertiary/aromatic N) is 1. The molecule has 0 aromatic rings. The Labute approximate surface area is 107 Å². The zero-order valence-corrected chi connectivity index (χ0v) is 11.8. The number of nitrogens with one attached hydrogen (secondary N) is 1. The van der Waals surface area contributed by atoms with Crippen molar-refractivity contribution in [1.82, 2.24) is 10.2 Å². The van der Waals surface area contributed by atoms with Crippen molar-refractivity contribution in [3.8, 4) is 0 Å². The number of unbranched alkanes of at least 4 members (excludes halogenated alkanes) is 2. The van der Waals surface area contributed by atoms with E-state index in [4.69, 9.17) is 0 Å². The lowest BCUT2D eigenvalue weighted by atomic mass is 9.92. The summed E-state index contributed by atoms with van der Waals surface area (Å²) < 4.78 is 0. The maximum Gasteiger partial charge on any atom is 0.00925 e. The molecule has 2 fully saturated rings. The highest BCUT2D eigenvalue weighted by Gasteiger charge is 2.23. The van der Waals surface area contributed by atoms with E-state index in [1.54, 1.807) is 0 Å². The van der Waals surface area contributed by atoms with Gasteiger partial charge in [0.25, 0.3) is 0 Å². The van der Waals surface area contributed by atoms with Crippen LogP contribution in [0.1, 0.15) is 58.8 Å². The fourth-order valence-corrected chi connectivity index (χ4v) is 2.95. The first-order valence-electron chi connectivity index (χ1n) is 7.75. The first-order valence-corrected chi connectivity index (χ1v) is 7.75. The molecule has 0 bridgehead atoms. The third-order valence-corrected chi connectivity index (χ3v) is 4.64. The molecule has 0 radical (unpaired) electrons. The maximum atomic E-state index is 3.60. The van der Waals surface area contributed by atoms with Gasteiger partial charge in [0, 0.05) is 12.1 Å². The molecule has 2 atom stereocenters. The van der Waals surface area contributed by atoms with Gasteiger partial charge in [0.15, 0.2) is 0 Å². The molecular formula is C15H30N2. The average Bonchev–Trinajstić information content (AvgIpc) is 3.12. The second-order valence-corrected chi connectivity index (χ2v) is 6.19. The van der Waals surface area contributed by atoms with E-state index in [9.17, 15) is 0 Å². The van der Waals surface area contributed by atoms with Gasteiger partial charge in [-0.1, -0.05) is 13.3 Å². The Bertz CT molecular complexity index is 213. The standard InChI is InChI=1S/C15H30N2/c1-13-7-6-12-17(14(13)2)11-5-3-4-10-16-15-8-9-15/h13-16H,3-12H2,1-2H3. The van der Waals surface area contributed by atoms with E-state index in [-0.39, 0.29) is 0 Å². The molecule has 0 spiro atoms. The number of likely N-dealkylation sites (tertiary alicyclic amines) is 1. The molecule has 0 aromatic carbocycles. The molecule has 1 heterocycles. The van der Waals surface area contributed by atoms with Gasteiger partial charge in [0.1, 0.15) is 0 Å². The Morgan fingerprint density at radius 2 is 1.88 bits per heavy atom. The summed E-state index contributed by atoms with van der Waals surface area (Å²) in [6.07, 6.45) is 9.85. The highest BCUT2D eigenvalue weighted by molar-refractivity contribution is 4.80. The van der Waals surface area contributed by atoms with E-state index in [1.807, 2.05) is 0 Å². The quantitative estimate of drug-likeness (QED) is 0.686. The summed E-state index contributed by atoms with van der Waals surface area (Å²) in [5.41, 5.74) is 0. The van der Waals surface area contributed by atoms with Crippen LogP contribution in [-0.4, -0.2) is 36.6 Å². The molecule has 0 amide bonds. The van der Waals surface area contributed by atoms with Crippen molar-refractivity contribution in [3.63, 3.8) is 0 Å². The SMILES string of the molecule is CC1CCCN(CCCCCNC2CC2)C1C. The third-order valence-electron chi connectivity index (χ3n) is 4.64. The van der Waals surface area contributed by atoms with Gasteiger partial charge in [0.2, 0.25) is 0 Å². The first kappa shape index (κ1) is 13.4. The molecule has 1 N–H and O–H groups in total. The molecule has 17 heavy (non-hydrogen) atoms. The van der Waals surface area contributed by atoms with Crippen molar-refractivity contribution in [2.24, 2.45) is 5.92 Å². The molecule has 0 aromatic heterocycles. The topological polar surface area (TPSA) is 15.3 Å². The predicted octanol–water partition coefficient (Wildman–Crippen LogP) is 3.03. The Hall–Kier alpha value is -0.0800. The Kier molecular flexibility index (Phi) is 5.30. The highest BCUT2D eigenvalue weighted by Crippen LogP contribution is 2.23. The van der Waals surface area contributed by atoms with Crippen LogP contribution in [-0.2, 0) is 0 Å². The predicted molar refractivity (Wildman–Crippen MR) is 74.3 cm³/mol. The molecule has 1 aliphatic carbocycles. The molecule has 2 heteroatoms. The molecule has 1 aliphatic heterocycles. The van der Waals surface area contributed by atoms with Crippen LogP contribution in [0.3, 0.4) is 0 Å². The van der Waals surface area contributed by atoms with Crippen molar-refractivity contribution >= 4 is 0 Å². The Morgan fingerprint density at radius 1 is 1.06 bits per heavy atom. The van der Waals surface area contributed by atoms with Crippen LogP contribution in [0.25, 0.3) is 0 Å². The minimum atomic E-state index is 0.813. The van der Waals surface area contributed by atoms with E-state index < -0.39 is 0 Å². The molecule has 2 unspecified atom stereocenters. The molecular weight excluding hydrogens is 208 g/mol. The molecule has 100 valence electrons. The summed E-state index contributed by atoms with van der Waals surface area (Å²) in [5.74, 6) is 0.903. The molecule has 2 nitrogen and oxygen atoms in total. The fraction of sp³-hybridized carbons (Fsp3) is 1.00. The number of hydrogen-bond acceptors (Lipinski definition) is 2. The summed E-state index contributed by atoms with van der Waals surface area (Å²) in [5, 5.41) is 3.60. The van der Waals surface area contributed by atoms with Gasteiger partial charge < -0.3 is 10.2 Å². The number of hydrogen-bond donors (Lipinski definition) is 1. The second kappa shape index (κ2) is 6.75. The van der Waals surface area contributed by atoms with Crippen LogP contribution in [0, 0.1) is 5.92 Å². The second-order valence-electron chi connectivity index (χ2n) is 6.19. The van der Waals surface area contributed by atoms with Crippen LogP contribution >= 0.6 is 0 Å². The fourth-order valence-electron chi connectivity index (χ4n) is 2.95. The Balaban J connectivity index is 1.48. The van der Waals surface area contributed by atoms with E-state index >= 15 is 0 Å². The van der Waals surface area contributed by atoms with E-state index in [1.165, 1.54) is 64.6 Å². The third kappa shape index (κ3) is 4.59. The molecule has 2 aliphatic rings. The zero-order valence-electron chi connectivity index (χ0n) is 11.8. The van der Waals surface area contributed by atoms with Crippen molar-refractivity contribution in [3.05, 3.63) is 0 Å². The summed E-state index contributed by atoms with van der Waals surface area (Å²) in [4.78, 5) is 2.71. The van der Waals surface area contributed by atoms with Crippen molar-refractivity contribution in [1.29, 1.82) is 0 Å². The van der Waals surface area contributed by atoms with Crippen molar-refractivity contribution < 1.29 is 0 Å². The maximum absolute atomic E-state index is 3.60. The number of rotatable bonds is 7. The van der Waals surface area contributed by atoms with Crippen molar-refractivity contribution in [2.45, 2.75) is 70.9 Å². The molecule has 1 saturated carbocycles. The highest BCUT2D eigenvalue weighted by atomic mass is 15.2. The minimum absolute atomic E-state index is 0.813. The van der Waals surface area contributed by atoms with Gasteiger partial charge in [-0.2, -0.15) is 0 Å². The van der Waals surface area contributed by atoms with E-state index in [0.29, 0.717) is 0 Å². The summed E-state index contributed by atoms with van der Waals surface area (Å²) in [6, 6.07) is 1.70. The van der Waals surface area contributed by atoms with Gasteiger partial charge in [-0.05, 0) is 71.0 Å². The largest absolute Gasteiger partial charge is 0.314 e. The van der Waals surface area contributed by atoms with Crippen LogP contribution in [0.4, 0.5) is 0 Å². The Morgan fingerprint density at radius 3 is 2.65 bits per heavy atom. The average molecular weight is 238 g/mol. The summed E-state index contributed by atoms with van der Waals surface area (Å²) in [7, 11) is 0. The lowest BCUT2D eigenvalue weighted by molar-refractivity contribution is 0.112. The normalized spacial score (nSPS) is 30.7. The van der Waals surface area contributed by atoms with Gasteiger partial charge in [0.05, 0.1) is 0 Å². The zero-order chi connectivity index (χ0) is 12.1. The van der Waals surface area contributed by atoms with Crippen LogP contribution in [0.15, 0.2) is 0 Å². The van der Waals surface area contributed by atoms with Gasteiger partial charge in [-0.25, -0.2) is 0 Å². The van der Waals surface area contributed by atoms with E-state index in [0.717, 1.165) is 18.0 Å². The van der Waals surface area contributed by atoms with Crippen LogP contribution in [0.5, 0.6) is 0 Å². The smallest absolute Gasteiger partial charge is 0.00925 e. The van der Waals surface area contributed by atoms with Crippen LogP contribution in [0.2, 0.25) is 0 Å². The monoisotopic (exact) mass is 238 g/mol. The van der Waals surface area contributed by atoms with E-state index in [2.05, 4.69) is 24.1 Å². The number of piperidine rings is 1.